The van der Waals surface area contributed by atoms with Gasteiger partial charge in [-0.3, -0.25) is 0 Å². The number of carbonyl (C=O) groups is 1. The summed E-state index contributed by atoms with van der Waals surface area (Å²) >= 11 is 5.98. The van der Waals surface area contributed by atoms with Gasteiger partial charge in [-0.2, -0.15) is 0 Å². The molecular formula is C17H16ClNO2. The van der Waals surface area contributed by atoms with Crippen LogP contribution in [-0.4, -0.2) is 12.6 Å². The van der Waals surface area contributed by atoms with Crippen molar-refractivity contribution in [2.45, 2.75) is 6.92 Å². The molecule has 0 fully saturated rings. The third-order valence-electron chi connectivity index (χ3n) is 2.74. The van der Waals surface area contributed by atoms with Crippen molar-refractivity contribution >= 4 is 29.0 Å². The monoisotopic (exact) mass is 301 g/mol. The van der Waals surface area contributed by atoms with Crippen molar-refractivity contribution in [3.63, 3.8) is 0 Å². The lowest BCUT2D eigenvalue weighted by molar-refractivity contribution is -0.137. The largest absolute Gasteiger partial charge is 0.463 e. The van der Waals surface area contributed by atoms with Gasteiger partial charge in [-0.1, -0.05) is 48.0 Å². The number of nitrogens with one attached hydrogen (secondary N) is 1. The fourth-order valence-corrected chi connectivity index (χ4v) is 2.02. The lowest BCUT2D eigenvalue weighted by Crippen LogP contribution is -2.05. The second kappa shape index (κ2) is 7.50. The number of carbonyl (C=O) groups excluding carboxylic acids is 1. The molecule has 0 unspecified atom stereocenters. The molecule has 0 aliphatic heterocycles. The molecule has 0 saturated carbocycles. The quantitative estimate of drug-likeness (QED) is 0.659. The van der Waals surface area contributed by atoms with E-state index in [4.69, 9.17) is 16.3 Å². The average Bonchev–Trinajstić information content (AvgIpc) is 2.48. The van der Waals surface area contributed by atoms with Gasteiger partial charge >= 0.3 is 5.97 Å². The van der Waals surface area contributed by atoms with Crippen molar-refractivity contribution in [1.82, 2.24) is 0 Å². The van der Waals surface area contributed by atoms with Crippen molar-refractivity contribution in [3.8, 4) is 0 Å². The normalized spacial score (nSPS) is 11.0. The van der Waals surface area contributed by atoms with Crippen molar-refractivity contribution in [2.24, 2.45) is 0 Å². The molecule has 0 heterocycles. The van der Waals surface area contributed by atoms with Gasteiger partial charge < -0.3 is 10.1 Å². The summed E-state index contributed by atoms with van der Waals surface area (Å²) in [6.45, 7) is 2.12. The van der Waals surface area contributed by atoms with Crippen LogP contribution in [0.4, 0.5) is 5.69 Å². The Morgan fingerprint density at radius 1 is 1.19 bits per heavy atom. The zero-order valence-corrected chi connectivity index (χ0v) is 12.4. The number of halogens is 1. The number of anilines is 1. The fraction of sp³-hybridized carbons (Fsp3) is 0.118. The summed E-state index contributed by atoms with van der Waals surface area (Å²) in [6.07, 6.45) is 1.44. The number of benzene rings is 2. The number of esters is 1. The Kier molecular flexibility index (Phi) is 5.41. The summed E-state index contributed by atoms with van der Waals surface area (Å²) in [5.41, 5.74) is 2.36. The number of hydrogen-bond acceptors (Lipinski definition) is 3. The first-order valence-electron chi connectivity index (χ1n) is 6.65. The standard InChI is InChI=1S/C17H16ClNO2/c1-2-21-17(20)12-16(13-7-4-3-5-8-13)19-15-10-6-9-14(18)11-15/h3-12,19H,2H2,1H3/b16-12-. The highest BCUT2D eigenvalue weighted by atomic mass is 35.5. The molecule has 0 atom stereocenters. The molecular weight excluding hydrogens is 286 g/mol. The topological polar surface area (TPSA) is 38.3 Å². The number of ether oxygens (including phenoxy) is 1. The van der Waals surface area contributed by atoms with Gasteiger partial charge in [0.2, 0.25) is 0 Å². The van der Waals surface area contributed by atoms with Crippen LogP contribution in [0.1, 0.15) is 12.5 Å². The molecule has 2 aromatic carbocycles. The maximum atomic E-state index is 11.7. The summed E-state index contributed by atoms with van der Waals surface area (Å²) in [5, 5.41) is 3.83. The first-order chi connectivity index (χ1) is 10.2. The van der Waals surface area contributed by atoms with Crippen LogP contribution in [0.15, 0.2) is 60.7 Å². The van der Waals surface area contributed by atoms with Gasteiger partial charge in [-0.05, 0) is 30.7 Å². The molecule has 0 saturated heterocycles. The smallest absolute Gasteiger partial charge is 0.332 e. The van der Waals surface area contributed by atoms with Gasteiger partial charge in [0, 0.05) is 16.8 Å². The molecule has 2 aromatic rings. The van der Waals surface area contributed by atoms with E-state index in [1.807, 2.05) is 42.5 Å². The third-order valence-corrected chi connectivity index (χ3v) is 2.97. The molecule has 0 aliphatic rings. The zero-order chi connectivity index (χ0) is 15.1. The van der Waals surface area contributed by atoms with Gasteiger partial charge in [0.05, 0.1) is 12.3 Å². The van der Waals surface area contributed by atoms with Gasteiger partial charge in [0.15, 0.2) is 0 Å². The summed E-state index contributed by atoms with van der Waals surface area (Å²) in [4.78, 5) is 11.7. The first-order valence-corrected chi connectivity index (χ1v) is 7.03. The van der Waals surface area contributed by atoms with Crippen LogP contribution < -0.4 is 5.32 Å². The van der Waals surface area contributed by atoms with E-state index in [1.165, 1.54) is 6.08 Å². The predicted octanol–water partition coefficient (Wildman–Crippen LogP) is 4.36. The lowest BCUT2D eigenvalue weighted by atomic mass is 10.1. The Labute approximate surface area is 129 Å². The number of rotatable bonds is 5. The number of hydrogen-bond donors (Lipinski definition) is 1. The Bertz CT molecular complexity index is 638. The second-order valence-corrected chi connectivity index (χ2v) is 4.75. The minimum Gasteiger partial charge on any atom is -0.463 e. The summed E-state index contributed by atoms with van der Waals surface area (Å²) < 4.78 is 4.97. The zero-order valence-electron chi connectivity index (χ0n) is 11.7. The van der Waals surface area contributed by atoms with Crippen molar-refractivity contribution in [1.29, 1.82) is 0 Å². The SMILES string of the molecule is CCOC(=O)/C=C(\Nc1cccc(Cl)c1)c1ccccc1. The van der Waals surface area contributed by atoms with Crippen LogP contribution in [0.2, 0.25) is 5.02 Å². The van der Waals surface area contributed by atoms with E-state index in [0.29, 0.717) is 17.3 Å². The van der Waals surface area contributed by atoms with Crippen LogP contribution in [0.25, 0.3) is 5.70 Å². The molecule has 2 rings (SSSR count). The molecule has 4 heteroatoms. The molecule has 0 aromatic heterocycles. The Balaban J connectivity index is 2.30. The molecule has 0 aliphatic carbocycles. The molecule has 108 valence electrons. The van der Waals surface area contributed by atoms with Crippen LogP contribution in [0.3, 0.4) is 0 Å². The third kappa shape index (κ3) is 4.65. The Hall–Kier alpha value is -2.26. The highest BCUT2D eigenvalue weighted by Crippen LogP contribution is 2.21. The Morgan fingerprint density at radius 2 is 1.95 bits per heavy atom. The molecule has 1 N–H and O–H groups in total. The van der Waals surface area contributed by atoms with E-state index in [2.05, 4.69) is 5.32 Å². The minimum absolute atomic E-state index is 0.342. The van der Waals surface area contributed by atoms with Gasteiger partial charge in [0.25, 0.3) is 0 Å². The molecule has 0 spiro atoms. The summed E-state index contributed by atoms with van der Waals surface area (Å²) in [6, 6.07) is 16.9. The first kappa shape index (κ1) is 15.1. The lowest BCUT2D eigenvalue weighted by Gasteiger charge is -2.11. The van der Waals surface area contributed by atoms with Crippen molar-refractivity contribution in [2.75, 3.05) is 11.9 Å². The highest BCUT2D eigenvalue weighted by Gasteiger charge is 2.06. The minimum atomic E-state index is -0.383. The van der Waals surface area contributed by atoms with E-state index >= 15 is 0 Å². The van der Waals surface area contributed by atoms with Crippen molar-refractivity contribution in [3.05, 3.63) is 71.3 Å². The van der Waals surface area contributed by atoms with Gasteiger partial charge in [-0.25, -0.2) is 4.79 Å². The summed E-state index contributed by atoms with van der Waals surface area (Å²) in [5.74, 6) is -0.383. The van der Waals surface area contributed by atoms with E-state index in [9.17, 15) is 4.79 Å². The maximum Gasteiger partial charge on any atom is 0.332 e. The highest BCUT2D eigenvalue weighted by molar-refractivity contribution is 6.30. The summed E-state index contributed by atoms with van der Waals surface area (Å²) in [7, 11) is 0. The van der Waals surface area contributed by atoms with E-state index in [0.717, 1.165) is 11.3 Å². The van der Waals surface area contributed by atoms with Crippen LogP contribution in [0.5, 0.6) is 0 Å². The maximum absolute atomic E-state index is 11.7. The fourth-order valence-electron chi connectivity index (χ4n) is 1.83. The van der Waals surface area contributed by atoms with Gasteiger partial charge in [0.1, 0.15) is 0 Å². The molecule has 21 heavy (non-hydrogen) atoms. The van der Waals surface area contributed by atoms with E-state index in [-0.39, 0.29) is 5.97 Å². The Morgan fingerprint density at radius 3 is 2.62 bits per heavy atom. The molecule has 0 bridgehead atoms. The van der Waals surface area contributed by atoms with Gasteiger partial charge in [-0.15, -0.1) is 0 Å². The predicted molar refractivity (Wildman–Crippen MR) is 86.1 cm³/mol. The van der Waals surface area contributed by atoms with Crippen molar-refractivity contribution < 1.29 is 9.53 Å². The van der Waals surface area contributed by atoms with Crippen LogP contribution in [0, 0.1) is 0 Å². The average molecular weight is 302 g/mol. The second-order valence-electron chi connectivity index (χ2n) is 4.31. The molecule has 0 radical (unpaired) electrons. The van der Waals surface area contributed by atoms with Crippen LogP contribution >= 0.6 is 11.6 Å². The molecule has 3 nitrogen and oxygen atoms in total. The van der Waals surface area contributed by atoms with E-state index < -0.39 is 0 Å². The van der Waals surface area contributed by atoms with E-state index in [1.54, 1.807) is 19.1 Å². The molecule has 0 amide bonds. The van der Waals surface area contributed by atoms with Crippen LogP contribution in [-0.2, 0) is 9.53 Å².